The van der Waals surface area contributed by atoms with Crippen LogP contribution in [0.5, 0.6) is 17.2 Å². The maximum absolute atomic E-state index is 13.4. The molecule has 1 heterocycles. The molecular weight excluding hydrogens is 454 g/mol. The Labute approximate surface area is 191 Å². The quantitative estimate of drug-likeness (QED) is 0.313. The molecule has 0 unspecified atom stereocenters. The molecule has 0 fully saturated rings. The molecule has 10 heteroatoms. The average Bonchev–Trinajstić information content (AvgIpc) is 2.81. The molecule has 0 atom stereocenters. The molecule has 0 saturated carbocycles. The number of nitrogens with zero attached hydrogens (tertiary/aromatic N) is 1. The second-order valence-electron chi connectivity index (χ2n) is 7.09. The summed E-state index contributed by atoms with van der Waals surface area (Å²) in [7, 11) is 1.56. The molecule has 34 heavy (non-hydrogen) atoms. The Morgan fingerprint density at radius 3 is 2.26 bits per heavy atom. The van der Waals surface area contributed by atoms with E-state index in [1.165, 1.54) is 0 Å². The maximum Gasteiger partial charge on any atom is 0.419 e. The predicted octanol–water partition coefficient (Wildman–Crippen LogP) is 6.84. The zero-order valence-corrected chi connectivity index (χ0v) is 17.6. The summed E-state index contributed by atoms with van der Waals surface area (Å²) in [6, 6.07) is 14.9. The van der Waals surface area contributed by atoms with Gasteiger partial charge in [-0.3, -0.25) is 4.98 Å². The molecule has 0 radical (unpaired) electrons. The van der Waals surface area contributed by atoms with Crippen LogP contribution in [-0.4, -0.2) is 18.1 Å². The summed E-state index contributed by atoms with van der Waals surface area (Å²) in [6.45, 7) is 0. The molecule has 6 nitrogen and oxygen atoms in total. The number of pyridine rings is 1. The van der Waals surface area contributed by atoms with Crippen molar-refractivity contribution in [1.29, 1.82) is 0 Å². The Kier molecular flexibility index (Phi) is 6.22. The summed E-state index contributed by atoms with van der Waals surface area (Å²) in [6.07, 6.45) is -3.26. The van der Waals surface area contributed by atoms with Gasteiger partial charge in [0.25, 0.3) is 0 Å². The summed E-state index contributed by atoms with van der Waals surface area (Å²) in [5.74, 6) is 0.266. The molecule has 0 aliphatic carbocycles. The van der Waals surface area contributed by atoms with E-state index >= 15 is 0 Å². The summed E-state index contributed by atoms with van der Waals surface area (Å²) in [5.41, 5.74) is -0.578. The van der Waals surface area contributed by atoms with Gasteiger partial charge in [-0.15, -0.1) is 0 Å². The van der Waals surface area contributed by atoms with Crippen LogP contribution in [0, 0.1) is 5.82 Å². The number of anilines is 2. The lowest BCUT2D eigenvalue weighted by Crippen LogP contribution is -2.20. The number of hydrogen-bond acceptors (Lipinski definition) is 4. The molecule has 0 bridgehead atoms. The van der Waals surface area contributed by atoms with Crippen LogP contribution in [0.4, 0.5) is 33.7 Å². The minimum Gasteiger partial charge on any atom is -0.497 e. The summed E-state index contributed by atoms with van der Waals surface area (Å²) >= 11 is 0. The van der Waals surface area contributed by atoms with E-state index in [0.29, 0.717) is 35.1 Å². The maximum atomic E-state index is 13.4. The number of carbonyl (C=O) groups excluding carboxylic acids is 1. The largest absolute Gasteiger partial charge is 0.497 e. The first-order chi connectivity index (χ1) is 16.2. The lowest BCUT2D eigenvalue weighted by molar-refractivity contribution is -0.139. The monoisotopic (exact) mass is 471 g/mol. The van der Waals surface area contributed by atoms with Crippen LogP contribution in [0.25, 0.3) is 10.9 Å². The average molecular weight is 471 g/mol. The van der Waals surface area contributed by atoms with Crippen LogP contribution >= 0.6 is 0 Å². The number of nitrogens with one attached hydrogen (secondary N) is 2. The summed E-state index contributed by atoms with van der Waals surface area (Å²) in [5, 5.41) is 5.49. The standard InChI is InChI=1S/C24H17F4N3O3/c1-33-17-7-9-21-18(13-17)22(10-11-29-21)34-16-5-2-14(3-6-16)30-23(32)31-15-4-8-20(25)19(12-15)24(26,27)28/h2-13H,1H3,(H2,30,31,32). The van der Waals surface area contributed by atoms with E-state index in [1.807, 2.05) is 6.07 Å². The number of ether oxygens (including phenoxy) is 2. The van der Waals surface area contributed by atoms with Gasteiger partial charge in [0, 0.05) is 23.0 Å². The highest BCUT2D eigenvalue weighted by Gasteiger charge is 2.34. The second kappa shape index (κ2) is 9.26. The number of benzene rings is 3. The zero-order valence-electron chi connectivity index (χ0n) is 17.6. The Balaban J connectivity index is 1.44. The van der Waals surface area contributed by atoms with Crippen molar-refractivity contribution in [1.82, 2.24) is 4.98 Å². The third-order valence-corrected chi connectivity index (χ3v) is 4.78. The molecule has 4 aromatic rings. The number of amides is 2. The third kappa shape index (κ3) is 5.17. The fourth-order valence-corrected chi connectivity index (χ4v) is 3.16. The van der Waals surface area contributed by atoms with Gasteiger partial charge in [-0.25, -0.2) is 9.18 Å². The van der Waals surface area contributed by atoms with Crippen LogP contribution in [-0.2, 0) is 6.18 Å². The van der Waals surface area contributed by atoms with Gasteiger partial charge >= 0.3 is 12.2 Å². The summed E-state index contributed by atoms with van der Waals surface area (Å²) < 4.78 is 63.1. The van der Waals surface area contributed by atoms with Crippen molar-refractivity contribution >= 4 is 28.3 Å². The van der Waals surface area contributed by atoms with E-state index in [1.54, 1.807) is 55.8 Å². The first kappa shape index (κ1) is 22.8. The minimum absolute atomic E-state index is 0.203. The second-order valence-corrected chi connectivity index (χ2v) is 7.09. The van der Waals surface area contributed by atoms with Crippen molar-refractivity contribution in [2.24, 2.45) is 0 Å². The lowest BCUT2D eigenvalue weighted by atomic mass is 10.2. The number of rotatable bonds is 5. The van der Waals surface area contributed by atoms with Gasteiger partial charge in [-0.1, -0.05) is 0 Å². The van der Waals surface area contributed by atoms with E-state index < -0.39 is 23.6 Å². The predicted molar refractivity (Wildman–Crippen MR) is 119 cm³/mol. The number of urea groups is 1. The van der Waals surface area contributed by atoms with Gasteiger partial charge in [-0.05, 0) is 66.7 Å². The number of aromatic nitrogens is 1. The van der Waals surface area contributed by atoms with Gasteiger partial charge in [0.05, 0.1) is 18.2 Å². The Hall–Kier alpha value is -4.34. The number of carbonyl (C=O) groups is 1. The molecule has 4 rings (SSSR count). The van der Waals surface area contributed by atoms with Crippen molar-refractivity contribution in [2.75, 3.05) is 17.7 Å². The molecule has 174 valence electrons. The van der Waals surface area contributed by atoms with E-state index in [9.17, 15) is 22.4 Å². The van der Waals surface area contributed by atoms with Crippen molar-refractivity contribution in [3.8, 4) is 17.2 Å². The van der Waals surface area contributed by atoms with E-state index in [0.717, 1.165) is 17.0 Å². The minimum atomic E-state index is -4.88. The first-order valence-corrected chi connectivity index (χ1v) is 9.88. The molecule has 1 aromatic heterocycles. The van der Waals surface area contributed by atoms with Crippen LogP contribution in [0.3, 0.4) is 0 Å². The first-order valence-electron chi connectivity index (χ1n) is 9.88. The van der Waals surface area contributed by atoms with Gasteiger partial charge in [0.1, 0.15) is 23.1 Å². The van der Waals surface area contributed by atoms with Crippen molar-refractivity contribution in [3.05, 3.63) is 84.3 Å². The topological polar surface area (TPSA) is 72.5 Å². The van der Waals surface area contributed by atoms with Gasteiger partial charge < -0.3 is 20.1 Å². The molecule has 0 saturated heterocycles. The van der Waals surface area contributed by atoms with E-state index in [2.05, 4.69) is 15.6 Å². The molecule has 3 aromatic carbocycles. The SMILES string of the molecule is COc1ccc2nccc(Oc3ccc(NC(=O)Nc4ccc(F)c(C(F)(F)F)c4)cc3)c2c1. The molecule has 0 aliphatic rings. The van der Waals surface area contributed by atoms with Crippen molar-refractivity contribution in [2.45, 2.75) is 6.18 Å². The van der Waals surface area contributed by atoms with Gasteiger partial charge in [0.2, 0.25) is 0 Å². The zero-order chi connectivity index (χ0) is 24.3. The smallest absolute Gasteiger partial charge is 0.419 e. The van der Waals surface area contributed by atoms with Gasteiger partial charge in [0.15, 0.2) is 0 Å². The van der Waals surface area contributed by atoms with Crippen molar-refractivity contribution in [3.63, 3.8) is 0 Å². The molecule has 0 aliphatic heterocycles. The number of fused-ring (bicyclic) bond motifs is 1. The van der Waals surface area contributed by atoms with Crippen LogP contribution in [0.15, 0.2) is 72.9 Å². The van der Waals surface area contributed by atoms with E-state index in [4.69, 9.17) is 9.47 Å². The fourth-order valence-electron chi connectivity index (χ4n) is 3.16. The number of hydrogen-bond donors (Lipinski definition) is 2. The number of alkyl halides is 3. The molecule has 0 spiro atoms. The molecular formula is C24H17F4N3O3. The highest BCUT2D eigenvalue weighted by Crippen LogP contribution is 2.33. The highest BCUT2D eigenvalue weighted by molar-refractivity contribution is 5.99. The summed E-state index contributed by atoms with van der Waals surface area (Å²) in [4.78, 5) is 16.5. The molecule has 2 amide bonds. The fraction of sp³-hybridized carbons (Fsp3) is 0.0833. The van der Waals surface area contributed by atoms with Crippen LogP contribution in [0.2, 0.25) is 0 Å². The Morgan fingerprint density at radius 2 is 1.56 bits per heavy atom. The van der Waals surface area contributed by atoms with E-state index in [-0.39, 0.29) is 5.69 Å². The highest BCUT2D eigenvalue weighted by atomic mass is 19.4. The van der Waals surface area contributed by atoms with Gasteiger partial charge in [-0.2, -0.15) is 13.2 Å². The number of halogens is 4. The lowest BCUT2D eigenvalue weighted by Gasteiger charge is -2.12. The van der Waals surface area contributed by atoms with Crippen molar-refractivity contribution < 1.29 is 31.8 Å². The number of methoxy groups -OCH3 is 1. The Morgan fingerprint density at radius 1 is 0.882 bits per heavy atom. The molecule has 2 N–H and O–H groups in total. The Bertz CT molecular complexity index is 1340. The normalized spacial score (nSPS) is 11.2. The van der Waals surface area contributed by atoms with Crippen LogP contribution in [0.1, 0.15) is 5.56 Å². The van der Waals surface area contributed by atoms with Crippen LogP contribution < -0.4 is 20.1 Å². The third-order valence-electron chi connectivity index (χ3n) is 4.78.